The zero-order valence-electron chi connectivity index (χ0n) is 26.4. The van der Waals surface area contributed by atoms with Crippen molar-refractivity contribution in [2.24, 2.45) is 5.41 Å². The van der Waals surface area contributed by atoms with Crippen molar-refractivity contribution < 1.29 is 0 Å². The van der Waals surface area contributed by atoms with Gasteiger partial charge in [0, 0.05) is 5.54 Å². The Morgan fingerprint density at radius 1 is 0.389 bits per heavy atom. The highest BCUT2D eigenvalue weighted by Gasteiger charge is 2.35. The van der Waals surface area contributed by atoms with Gasteiger partial charge in [-0.25, -0.2) is 0 Å². The Bertz CT molecular complexity index is 429. The van der Waals surface area contributed by atoms with E-state index >= 15 is 0 Å². The minimum absolute atomic E-state index is 0.204. The van der Waals surface area contributed by atoms with E-state index in [2.05, 4.69) is 52.2 Å². The van der Waals surface area contributed by atoms with Gasteiger partial charge < -0.3 is 10.6 Å². The van der Waals surface area contributed by atoms with Crippen molar-refractivity contribution in [2.75, 3.05) is 19.6 Å². The number of rotatable bonds is 29. The first-order chi connectivity index (χ1) is 17.4. The lowest BCUT2D eigenvalue weighted by Gasteiger charge is -2.43. The number of nitrogens with one attached hydrogen (secondary N) is 2. The van der Waals surface area contributed by atoms with Gasteiger partial charge in [-0.3, -0.25) is 0 Å². The number of hydrogen-bond acceptors (Lipinski definition) is 2. The van der Waals surface area contributed by atoms with Gasteiger partial charge in [0.15, 0.2) is 0 Å². The zero-order valence-corrected chi connectivity index (χ0v) is 26.4. The molecule has 0 aliphatic heterocycles. The molecule has 0 aromatic rings. The van der Waals surface area contributed by atoms with Crippen LogP contribution in [0.1, 0.15) is 189 Å². The van der Waals surface area contributed by atoms with Gasteiger partial charge in [0.2, 0.25) is 0 Å². The van der Waals surface area contributed by atoms with Crippen LogP contribution in [-0.2, 0) is 0 Å². The molecule has 0 radical (unpaired) electrons. The maximum Gasteiger partial charge on any atom is 0.0176 e. The van der Waals surface area contributed by atoms with Crippen LogP contribution in [0.5, 0.6) is 0 Å². The van der Waals surface area contributed by atoms with E-state index in [1.807, 2.05) is 0 Å². The van der Waals surface area contributed by atoms with E-state index in [1.54, 1.807) is 0 Å². The van der Waals surface area contributed by atoms with Crippen LogP contribution in [0.15, 0.2) is 0 Å². The lowest BCUT2D eigenvalue weighted by molar-refractivity contribution is 0.137. The van der Waals surface area contributed by atoms with Gasteiger partial charge >= 0.3 is 0 Å². The quantitative estimate of drug-likeness (QED) is 0.0981. The SMILES string of the molecule is CCCCCCCCCCCCCCCCCCNC(C)(C)C(C)(C)CCCCNCCCCCC. The van der Waals surface area contributed by atoms with Gasteiger partial charge in [-0.15, -0.1) is 0 Å². The normalized spacial score (nSPS) is 12.5. The highest BCUT2D eigenvalue weighted by atomic mass is 15.0. The average Bonchev–Trinajstić information content (AvgIpc) is 2.84. The molecule has 0 bridgehead atoms. The monoisotopic (exact) mass is 509 g/mol. The largest absolute Gasteiger partial charge is 0.317 e. The summed E-state index contributed by atoms with van der Waals surface area (Å²) in [7, 11) is 0. The Morgan fingerprint density at radius 3 is 1.17 bits per heavy atom. The van der Waals surface area contributed by atoms with Gasteiger partial charge in [0.05, 0.1) is 0 Å². The molecule has 2 nitrogen and oxygen atoms in total. The van der Waals surface area contributed by atoms with Crippen LogP contribution < -0.4 is 10.6 Å². The Hall–Kier alpha value is -0.0800. The summed E-state index contributed by atoms with van der Waals surface area (Å²) in [4.78, 5) is 0. The molecule has 0 atom stereocenters. The van der Waals surface area contributed by atoms with Crippen LogP contribution in [0.2, 0.25) is 0 Å². The van der Waals surface area contributed by atoms with E-state index in [0.29, 0.717) is 5.41 Å². The minimum atomic E-state index is 0.204. The fraction of sp³-hybridized carbons (Fsp3) is 1.00. The molecule has 0 aromatic carbocycles. The fourth-order valence-electron chi connectivity index (χ4n) is 5.24. The van der Waals surface area contributed by atoms with Crippen LogP contribution in [0.3, 0.4) is 0 Å². The van der Waals surface area contributed by atoms with Crippen LogP contribution in [0, 0.1) is 5.41 Å². The summed E-state index contributed by atoms with van der Waals surface area (Å²) >= 11 is 0. The average molecular weight is 509 g/mol. The first-order valence-electron chi connectivity index (χ1n) is 16.8. The predicted molar refractivity (Wildman–Crippen MR) is 166 cm³/mol. The topological polar surface area (TPSA) is 24.1 Å². The summed E-state index contributed by atoms with van der Waals surface area (Å²) in [6.45, 7) is 17.9. The van der Waals surface area contributed by atoms with Crippen molar-refractivity contribution in [3.63, 3.8) is 0 Å². The van der Waals surface area contributed by atoms with E-state index < -0.39 is 0 Å². The van der Waals surface area contributed by atoms with Gasteiger partial charge in [0.25, 0.3) is 0 Å². The van der Waals surface area contributed by atoms with Gasteiger partial charge in [0.1, 0.15) is 0 Å². The highest BCUT2D eigenvalue weighted by molar-refractivity contribution is 4.93. The van der Waals surface area contributed by atoms with Crippen LogP contribution >= 0.6 is 0 Å². The molecule has 0 spiro atoms. The Balaban J connectivity index is 3.54. The van der Waals surface area contributed by atoms with Gasteiger partial charge in [-0.2, -0.15) is 0 Å². The Morgan fingerprint density at radius 2 is 0.722 bits per heavy atom. The summed E-state index contributed by atoms with van der Waals surface area (Å²) in [5.74, 6) is 0. The Labute approximate surface area is 230 Å². The maximum absolute atomic E-state index is 3.91. The smallest absolute Gasteiger partial charge is 0.0176 e. The second kappa shape index (κ2) is 25.2. The van der Waals surface area contributed by atoms with Gasteiger partial charge in [-0.1, -0.05) is 150 Å². The molecule has 2 N–H and O–H groups in total. The van der Waals surface area contributed by atoms with Crippen molar-refractivity contribution in [1.82, 2.24) is 10.6 Å². The molecule has 0 amide bonds. The molecular weight excluding hydrogens is 436 g/mol. The van der Waals surface area contributed by atoms with Crippen molar-refractivity contribution in [3.05, 3.63) is 0 Å². The maximum atomic E-state index is 3.91. The summed E-state index contributed by atoms with van der Waals surface area (Å²) in [6, 6.07) is 0. The van der Waals surface area contributed by atoms with Crippen LogP contribution in [-0.4, -0.2) is 25.2 Å². The van der Waals surface area contributed by atoms with E-state index in [4.69, 9.17) is 0 Å². The van der Waals surface area contributed by atoms with Crippen molar-refractivity contribution in [3.8, 4) is 0 Å². The summed E-state index contributed by atoms with van der Waals surface area (Å²) in [5, 5.41) is 7.55. The fourth-order valence-corrected chi connectivity index (χ4v) is 5.24. The lowest BCUT2D eigenvalue weighted by atomic mass is 9.71. The second-order valence-corrected chi connectivity index (χ2v) is 13.0. The molecule has 36 heavy (non-hydrogen) atoms. The Kier molecular flexibility index (Phi) is 25.2. The number of hydrogen-bond donors (Lipinski definition) is 2. The van der Waals surface area contributed by atoms with E-state index in [-0.39, 0.29) is 5.54 Å². The molecular formula is C34H72N2. The minimum Gasteiger partial charge on any atom is -0.317 e. The van der Waals surface area contributed by atoms with Crippen molar-refractivity contribution in [2.45, 2.75) is 195 Å². The number of unbranched alkanes of at least 4 members (excludes halogenated alkanes) is 19. The third-order valence-corrected chi connectivity index (χ3v) is 8.90. The molecule has 0 fully saturated rings. The highest BCUT2D eigenvalue weighted by Crippen LogP contribution is 2.35. The molecule has 0 rings (SSSR count). The molecule has 2 heteroatoms. The summed E-state index contributed by atoms with van der Waals surface area (Å²) in [5.41, 5.74) is 0.541. The first kappa shape index (κ1) is 35.9. The van der Waals surface area contributed by atoms with Crippen molar-refractivity contribution >= 4 is 0 Å². The summed E-state index contributed by atoms with van der Waals surface area (Å²) in [6.07, 6.45) is 32.5. The summed E-state index contributed by atoms with van der Waals surface area (Å²) < 4.78 is 0. The van der Waals surface area contributed by atoms with Crippen LogP contribution in [0.4, 0.5) is 0 Å². The standard InChI is InChI=1S/C34H72N2/c1-7-9-11-13-14-15-16-17-18-19-20-21-22-23-24-27-32-36-34(5,6)33(3,4)29-25-28-31-35-30-26-12-10-8-2/h35-36H,7-32H2,1-6H3. The first-order valence-corrected chi connectivity index (χ1v) is 16.8. The molecule has 0 saturated carbocycles. The lowest BCUT2D eigenvalue weighted by Crippen LogP contribution is -2.51. The molecule has 0 aliphatic rings. The van der Waals surface area contributed by atoms with E-state index in [9.17, 15) is 0 Å². The van der Waals surface area contributed by atoms with E-state index in [0.717, 1.165) is 0 Å². The second-order valence-electron chi connectivity index (χ2n) is 13.0. The molecule has 0 aromatic heterocycles. The molecule has 0 heterocycles. The van der Waals surface area contributed by atoms with Crippen molar-refractivity contribution in [1.29, 1.82) is 0 Å². The molecule has 0 saturated heterocycles. The molecule has 0 unspecified atom stereocenters. The predicted octanol–water partition coefficient (Wildman–Crippen LogP) is 11.0. The zero-order chi connectivity index (χ0) is 26.8. The van der Waals surface area contributed by atoms with Gasteiger partial charge in [-0.05, 0) is 64.6 Å². The van der Waals surface area contributed by atoms with Crippen LogP contribution in [0.25, 0.3) is 0 Å². The third kappa shape index (κ3) is 22.0. The third-order valence-electron chi connectivity index (χ3n) is 8.90. The van der Waals surface area contributed by atoms with E-state index in [1.165, 1.54) is 167 Å². The molecule has 0 aliphatic carbocycles. The molecule has 218 valence electrons.